The molecule has 2 atom stereocenters. The van der Waals surface area contributed by atoms with Crippen molar-refractivity contribution in [3.63, 3.8) is 0 Å². The van der Waals surface area contributed by atoms with Gasteiger partial charge < -0.3 is 10.2 Å². The van der Waals surface area contributed by atoms with Gasteiger partial charge in [0.25, 0.3) is 0 Å². The number of rotatable bonds is 5. The molecule has 0 saturated carbocycles. The first-order valence-electron chi connectivity index (χ1n) is 4.82. The molecule has 0 bridgehead atoms. The second kappa shape index (κ2) is 6.39. The van der Waals surface area contributed by atoms with Crippen LogP contribution in [0.5, 0.6) is 0 Å². The summed E-state index contributed by atoms with van der Waals surface area (Å²) in [6.45, 7) is 4.49. The number of amides is 1. The standard InChI is InChI=1S/C10H19N3O/c1-8(7-11)10(14)12-9(2)5-6-13(3)4/h8-9H,5-6H2,1-4H3,(H,12,14). The summed E-state index contributed by atoms with van der Waals surface area (Å²) < 4.78 is 0. The fourth-order valence-electron chi connectivity index (χ4n) is 0.950. The maximum atomic E-state index is 11.3. The summed E-state index contributed by atoms with van der Waals surface area (Å²) in [6.07, 6.45) is 0.900. The summed E-state index contributed by atoms with van der Waals surface area (Å²) in [5.41, 5.74) is 0. The van der Waals surface area contributed by atoms with Crippen molar-refractivity contribution in [1.29, 1.82) is 5.26 Å². The lowest BCUT2D eigenvalue weighted by Gasteiger charge is -2.17. The molecule has 2 unspecified atom stereocenters. The molecule has 0 rings (SSSR count). The molecule has 0 aromatic carbocycles. The highest BCUT2D eigenvalue weighted by molar-refractivity contribution is 5.80. The van der Waals surface area contributed by atoms with Gasteiger partial charge >= 0.3 is 0 Å². The van der Waals surface area contributed by atoms with E-state index in [9.17, 15) is 4.79 Å². The zero-order valence-corrected chi connectivity index (χ0v) is 9.37. The second-order valence-electron chi connectivity index (χ2n) is 3.85. The predicted molar refractivity (Wildman–Crippen MR) is 55.6 cm³/mol. The van der Waals surface area contributed by atoms with Gasteiger partial charge in [-0.1, -0.05) is 0 Å². The Morgan fingerprint density at radius 3 is 2.50 bits per heavy atom. The van der Waals surface area contributed by atoms with Crippen LogP contribution < -0.4 is 5.32 Å². The van der Waals surface area contributed by atoms with Gasteiger partial charge in [0.15, 0.2) is 0 Å². The molecule has 0 radical (unpaired) electrons. The van der Waals surface area contributed by atoms with Crippen LogP contribution in [0.2, 0.25) is 0 Å². The van der Waals surface area contributed by atoms with Crippen molar-refractivity contribution in [3.05, 3.63) is 0 Å². The van der Waals surface area contributed by atoms with Crippen molar-refractivity contribution in [2.24, 2.45) is 5.92 Å². The highest BCUT2D eigenvalue weighted by Crippen LogP contribution is 1.96. The highest BCUT2D eigenvalue weighted by Gasteiger charge is 2.13. The van der Waals surface area contributed by atoms with Crippen LogP contribution in [0.15, 0.2) is 0 Å². The Labute approximate surface area is 85.9 Å². The first-order chi connectivity index (χ1) is 6.47. The molecule has 4 nitrogen and oxygen atoms in total. The lowest BCUT2D eigenvalue weighted by molar-refractivity contribution is -0.123. The monoisotopic (exact) mass is 197 g/mol. The topological polar surface area (TPSA) is 56.1 Å². The van der Waals surface area contributed by atoms with Gasteiger partial charge in [0.2, 0.25) is 5.91 Å². The summed E-state index contributed by atoms with van der Waals surface area (Å²) in [7, 11) is 3.99. The Balaban J connectivity index is 3.78. The average molecular weight is 197 g/mol. The summed E-state index contributed by atoms with van der Waals surface area (Å²) in [5.74, 6) is -0.740. The molecule has 0 aliphatic heterocycles. The van der Waals surface area contributed by atoms with Gasteiger partial charge in [0, 0.05) is 6.04 Å². The van der Waals surface area contributed by atoms with E-state index in [0.29, 0.717) is 0 Å². The molecule has 14 heavy (non-hydrogen) atoms. The van der Waals surface area contributed by atoms with Crippen molar-refractivity contribution in [3.8, 4) is 6.07 Å². The predicted octanol–water partition coefficient (Wildman–Crippen LogP) is 0.602. The molecule has 0 heterocycles. The maximum Gasteiger partial charge on any atom is 0.237 e. The van der Waals surface area contributed by atoms with Crippen molar-refractivity contribution in [2.75, 3.05) is 20.6 Å². The third-order valence-corrected chi connectivity index (χ3v) is 1.98. The van der Waals surface area contributed by atoms with Gasteiger partial charge in [-0.2, -0.15) is 5.26 Å². The first kappa shape index (κ1) is 12.9. The zero-order valence-electron chi connectivity index (χ0n) is 9.37. The molecule has 1 N–H and O–H groups in total. The first-order valence-corrected chi connectivity index (χ1v) is 4.82. The van der Waals surface area contributed by atoms with E-state index in [4.69, 9.17) is 5.26 Å². The molecule has 0 aliphatic rings. The number of hydrogen-bond acceptors (Lipinski definition) is 3. The average Bonchev–Trinajstić information content (AvgIpc) is 2.13. The Bertz CT molecular complexity index is 220. The van der Waals surface area contributed by atoms with E-state index < -0.39 is 5.92 Å². The van der Waals surface area contributed by atoms with E-state index in [-0.39, 0.29) is 11.9 Å². The Morgan fingerprint density at radius 1 is 1.50 bits per heavy atom. The summed E-state index contributed by atoms with van der Waals surface area (Å²) in [4.78, 5) is 13.3. The van der Waals surface area contributed by atoms with Gasteiger partial charge in [-0.05, 0) is 40.9 Å². The fourth-order valence-corrected chi connectivity index (χ4v) is 0.950. The molecular weight excluding hydrogens is 178 g/mol. The third kappa shape index (κ3) is 5.55. The van der Waals surface area contributed by atoms with Gasteiger partial charge in [-0.15, -0.1) is 0 Å². The lowest BCUT2D eigenvalue weighted by atomic mass is 10.1. The SMILES string of the molecule is CC(CCN(C)C)NC(=O)C(C)C#N. The molecule has 0 fully saturated rings. The van der Waals surface area contributed by atoms with E-state index in [1.807, 2.05) is 27.1 Å². The second-order valence-corrected chi connectivity index (χ2v) is 3.85. The van der Waals surface area contributed by atoms with Crippen LogP contribution >= 0.6 is 0 Å². The molecule has 80 valence electrons. The van der Waals surface area contributed by atoms with Crippen LogP contribution in [0.1, 0.15) is 20.3 Å². The number of nitrogens with one attached hydrogen (secondary N) is 1. The normalized spacial score (nSPS) is 14.6. The van der Waals surface area contributed by atoms with E-state index in [0.717, 1.165) is 13.0 Å². The Morgan fingerprint density at radius 2 is 2.07 bits per heavy atom. The summed E-state index contributed by atoms with van der Waals surface area (Å²) >= 11 is 0. The van der Waals surface area contributed by atoms with E-state index >= 15 is 0 Å². The minimum atomic E-state index is -0.559. The Hall–Kier alpha value is -1.08. The molecule has 1 amide bonds. The van der Waals surface area contributed by atoms with E-state index in [1.54, 1.807) is 6.92 Å². The van der Waals surface area contributed by atoms with Crippen LogP contribution in [0, 0.1) is 17.2 Å². The number of hydrogen-bond donors (Lipinski definition) is 1. The molecule has 0 saturated heterocycles. The molecular formula is C10H19N3O. The summed E-state index contributed by atoms with van der Waals surface area (Å²) in [6, 6.07) is 2.04. The minimum Gasteiger partial charge on any atom is -0.352 e. The van der Waals surface area contributed by atoms with Crippen molar-refractivity contribution >= 4 is 5.91 Å². The van der Waals surface area contributed by atoms with Crippen molar-refractivity contribution in [1.82, 2.24) is 10.2 Å². The number of carbonyl (C=O) groups excluding carboxylic acids is 1. The van der Waals surface area contributed by atoms with Crippen LogP contribution in [0.4, 0.5) is 0 Å². The van der Waals surface area contributed by atoms with Crippen LogP contribution in [-0.2, 0) is 4.79 Å². The summed E-state index contributed by atoms with van der Waals surface area (Å²) in [5, 5.41) is 11.3. The Kier molecular flexibility index (Phi) is 5.89. The van der Waals surface area contributed by atoms with Crippen LogP contribution in [-0.4, -0.2) is 37.5 Å². The number of nitrogens with zero attached hydrogens (tertiary/aromatic N) is 2. The fraction of sp³-hybridized carbons (Fsp3) is 0.800. The van der Waals surface area contributed by atoms with Crippen LogP contribution in [0.25, 0.3) is 0 Å². The minimum absolute atomic E-state index is 0.126. The van der Waals surface area contributed by atoms with Crippen LogP contribution in [0.3, 0.4) is 0 Å². The van der Waals surface area contributed by atoms with E-state index in [1.165, 1.54) is 0 Å². The number of carbonyl (C=O) groups is 1. The highest BCUT2D eigenvalue weighted by atomic mass is 16.1. The molecule has 0 aromatic heterocycles. The maximum absolute atomic E-state index is 11.3. The van der Waals surface area contributed by atoms with Gasteiger partial charge in [0.05, 0.1) is 6.07 Å². The zero-order chi connectivity index (χ0) is 11.1. The van der Waals surface area contributed by atoms with Crippen molar-refractivity contribution in [2.45, 2.75) is 26.3 Å². The largest absolute Gasteiger partial charge is 0.352 e. The van der Waals surface area contributed by atoms with Crippen molar-refractivity contribution < 1.29 is 4.79 Å². The van der Waals surface area contributed by atoms with Gasteiger partial charge in [-0.3, -0.25) is 4.79 Å². The van der Waals surface area contributed by atoms with Gasteiger partial charge in [0.1, 0.15) is 5.92 Å². The molecule has 0 spiro atoms. The molecule has 0 aromatic rings. The molecule has 4 heteroatoms. The quantitative estimate of drug-likeness (QED) is 0.702. The smallest absolute Gasteiger partial charge is 0.237 e. The van der Waals surface area contributed by atoms with E-state index in [2.05, 4.69) is 10.2 Å². The van der Waals surface area contributed by atoms with Gasteiger partial charge in [-0.25, -0.2) is 0 Å². The molecule has 0 aliphatic carbocycles. The lowest BCUT2D eigenvalue weighted by Crippen LogP contribution is -2.37. The third-order valence-electron chi connectivity index (χ3n) is 1.98. The number of nitriles is 1.